The molecule has 4 rings (SSSR count). The van der Waals surface area contributed by atoms with Gasteiger partial charge in [-0.15, -0.1) is 0 Å². The molecule has 1 N–H and O–H groups in total. The van der Waals surface area contributed by atoms with Crippen LogP contribution in [0.3, 0.4) is 0 Å². The highest BCUT2D eigenvalue weighted by Gasteiger charge is 2.31. The van der Waals surface area contributed by atoms with E-state index < -0.39 is 0 Å². The first kappa shape index (κ1) is 16.7. The second-order valence-electron chi connectivity index (χ2n) is 6.50. The number of hydrogen-bond donors (Lipinski definition) is 1. The van der Waals surface area contributed by atoms with Crippen molar-refractivity contribution in [3.05, 3.63) is 41.3 Å². The molecular formula is C18H21N5O3. The monoisotopic (exact) mass is 355 g/mol. The van der Waals surface area contributed by atoms with Gasteiger partial charge in [-0.25, -0.2) is 9.97 Å². The van der Waals surface area contributed by atoms with Gasteiger partial charge in [0.05, 0.1) is 6.04 Å². The van der Waals surface area contributed by atoms with Crippen LogP contribution in [-0.4, -0.2) is 44.6 Å². The van der Waals surface area contributed by atoms with Crippen molar-refractivity contribution in [2.24, 2.45) is 0 Å². The maximum atomic E-state index is 13.1. The molecule has 0 spiro atoms. The maximum Gasteiger partial charge on any atom is 0.254 e. The number of likely N-dealkylation sites (tertiary alicyclic amines) is 1. The predicted octanol–water partition coefficient (Wildman–Crippen LogP) is 2.77. The second-order valence-corrected chi connectivity index (χ2v) is 6.50. The third-order valence-electron chi connectivity index (χ3n) is 4.63. The highest BCUT2D eigenvalue weighted by molar-refractivity contribution is 5.97. The molecule has 1 saturated heterocycles. The van der Waals surface area contributed by atoms with Gasteiger partial charge in [-0.1, -0.05) is 0 Å². The molecule has 0 saturated carbocycles. The van der Waals surface area contributed by atoms with Gasteiger partial charge >= 0.3 is 0 Å². The molecule has 1 aliphatic heterocycles. The summed E-state index contributed by atoms with van der Waals surface area (Å²) in [4.78, 5) is 23.8. The molecule has 3 aromatic rings. The Balaban J connectivity index is 1.62. The standard InChI is InChI=1S/C18H21N5O3/c1-11-19-13-7-6-12(9-15(13)26-11)18(24)23-8-4-3-5-14(23)17-20-16(10-25-2)21-22-17/h6-7,9,14H,3-5,8,10H2,1-2H3,(H,20,21,22). The van der Waals surface area contributed by atoms with Crippen molar-refractivity contribution in [3.63, 3.8) is 0 Å². The zero-order valence-electron chi connectivity index (χ0n) is 14.9. The van der Waals surface area contributed by atoms with E-state index in [0.29, 0.717) is 41.8 Å². The number of nitrogens with zero attached hydrogens (tertiary/aromatic N) is 4. The van der Waals surface area contributed by atoms with E-state index >= 15 is 0 Å². The number of H-pyrrole nitrogens is 1. The molecular weight excluding hydrogens is 334 g/mol. The van der Waals surface area contributed by atoms with Crippen LogP contribution in [0.1, 0.15) is 53.2 Å². The van der Waals surface area contributed by atoms with Crippen molar-refractivity contribution in [2.75, 3.05) is 13.7 Å². The topological polar surface area (TPSA) is 97.1 Å². The number of methoxy groups -OCH3 is 1. The van der Waals surface area contributed by atoms with Crippen LogP contribution in [0.15, 0.2) is 22.6 Å². The number of aryl methyl sites for hydroxylation is 1. The maximum absolute atomic E-state index is 13.1. The van der Waals surface area contributed by atoms with E-state index in [2.05, 4.69) is 20.2 Å². The Hall–Kier alpha value is -2.74. The summed E-state index contributed by atoms with van der Waals surface area (Å²) in [7, 11) is 1.61. The fourth-order valence-electron chi connectivity index (χ4n) is 3.44. The number of ether oxygens (including phenoxy) is 1. The summed E-state index contributed by atoms with van der Waals surface area (Å²) in [6, 6.07) is 5.25. The van der Waals surface area contributed by atoms with Gasteiger partial charge in [-0.3, -0.25) is 9.89 Å². The molecule has 26 heavy (non-hydrogen) atoms. The molecule has 8 nitrogen and oxygen atoms in total. The fraction of sp³-hybridized carbons (Fsp3) is 0.444. The second kappa shape index (κ2) is 6.87. The van der Waals surface area contributed by atoms with Crippen LogP contribution >= 0.6 is 0 Å². The summed E-state index contributed by atoms with van der Waals surface area (Å²) in [5, 5.41) is 7.18. The highest BCUT2D eigenvalue weighted by Crippen LogP contribution is 2.31. The van der Waals surface area contributed by atoms with Gasteiger partial charge in [0, 0.05) is 26.1 Å². The number of hydrogen-bond acceptors (Lipinski definition) is 6. The number of carbonyl (C=O) groups is 1. The number of nitrogens with one attached hydrogen (secondary N) is 1. The molecule has 2 aromatic heterocycles. The number of oxazole rings is 1. The molecule has 1 atom stereocenters. The Morgan fingerprint density at radius 2 is 2.27 bits per heavy atom. The van der Waals surface area contributed by atoms with Gasteiger partial charge in [0.15, 0.2) is 23.1 Å². The van der Waals surface area contributed by atoms with Crippen LogP contribution in [0.4, 0.5) is 0 Å². The van der Waals surface area contributed by atoms with Crippen molar-refractivity contribution >= 4 is 17.0 Å². The van der Waals surface area contributed by atoms with E-state index in [1.54, 1.807) is 26.2 Å². The summed E-state index contributed by atoms with van der Waals surface area (Å²) in [5.41, 5.74) is 1.97. The molecule has 1 aliphatic rings. The van der Waals surface area contributed by atoms with Crippen molar-refractivity contribution in [2.45, 2.75) is 38.8 Å². The fourth-order valence-corrected chi connectivity index (χ4v) is 3.44. The minimum Gasteiger partial charge on any atom is -0.441 e. The van der Waals surface area contributed by atoms with Gasteiger partial charge in [-0.2, -0.15) is 5.10 Å². The van der Waals surface area contributed by atoms with Gasteiger partial charge in [-0.05, 0) is 37.5 Å². The minimum atomic E-state index is -0.134. The Kier molecular flexibility index (Phi) is 4.42. The molecule has 0 radical (unpaired) electrons. The van der Waals surface area contributed by atoms with E-state index in [4.69, 9.17) is 9.15 Å². The van der Waals surface area contributed by atoms with E-state index in [1.807, 2.05) is 11.0 Å². The van der Waals surface area contributed by atoms with E-state index in [0.717, 1.165) is 24.8 Å². The van der Waals surface area contributed by atoms with Gasteiger partial charge in [0.25, 0.3) is 5.91 Å². The number of aromatic nitrogens is 4. The number of benzene rings is 1. The van der Waals surface area contributed by atoms with E-state index in [1.165, 1.54) is 0 Å². The molecule has 136 valence electrons. The number of piperidine rings is 1. The first-order chi connectivity index (χ1) is 12.7. The largest absolute Gasteiger partial charge is 0.441 e. The average molecular weight is 355 g/mol. The minimum absolute atomic E-state index is 0.0382. The van der Waals surface area contributed by atoms with Crippen LogP contribution in [0.2, 0.25) is 0 Å². The lowest BCUT2D eigenvalue weighted by atomic mass is 10.00. The van der Waals surface area contributed by atoms with Crippen molar-refractivity contribution < 1.29 is 13.9 Å². The molecule has 0 bridgehead atoms. The Morgan fingerprint density at radius 3 is 3.12 bits per heavy atom. The summed E-state index contributed by atoms with van der Waals surface area (Å²) in [6.07, 6.45) is 2.86. The zero-order valence-corrected chi connectivity index (χ0v) is 14.9. The SMILES string of the molecule is COCc1nc(C2CCCCN2C(=O)c2ccc3nc(C)oc3c2)n[nH]1. The summed E-state index contributed by atoms with van der Waals surface area (Å²) >= 11 is 0. The molecule has 1 amide bonds. The quantitative estimate of drug-likeness (QED) is 0.773. The van der Waals surface area contributed by atoms with Crippen molar-refractivity contribution in [3.8, 4) is 0 Å². The molecule has 1 unspecified atom stereocenters. The van der Waals surface area contributed by atoms with E-state index in [-0.39, 0.29) is 11.9 Å². The van der Waals surface area contributed by atoms with Crippen LogP contribution in [0.25, 0.3) is 11.1 Å². The van der Waals surface area contributed by atoms with Crippen molar-refractivity contribution in [1.82, 2.24) is 25.1 Å². The van der Waals surface area contributed by atoms with Crippen LogP contribution in [0.5, 0.6) is 0 Å². The normalized spacial score (nSPS) is 17.8. The van der Waals surface area contributed by atoms with Crippen LogP contribution < -0.4 is 0 Å². The van der Waals surface area contributed by atoms with Crippen LogP contribution in [-0.2, 0) is 11.3 Å². The smallest absolute Gasteiger partial charge is 0.254 e. The lowest BCUT2D eigenvalue weighted by molar-refractivity contribution is 0.0600. The summed E-state index contributed by atoms with van der Waals surface area (Å²) in [5.74, 6) is 1.86. The number of aromatic amines is 1. The highest BCUT2D eigenvalue weighted by atomic mass is 16.5. The Bertz CT molecular complexity index is 932. The zero-order chi connectivity index (χ0) is 18.1. The predicted molar refractivity (Wildman–Crippen MR) is 93.5 cm³/mol. The number of carbonyl (C=O) groups excluding carboxylic acids is 1. The molecule has 0 aliphatic carbocycles. The Morgan fingerprint density at radius 1 is 1.38 bits per heavy atom. The van der Waals surface area contributed by atoms with Crippen molar-refractivity contribution in [1.29, 1.82) is 0 Å². The molecule has 1 fully saturated rings. The number of fused-ring (bicyclic) bond motifs is 1. The first-order valence-electron chi connectivity index (χ1n) is 8.74. The van der Waals surface area contributed by atoms with Crippen LogP contribution in [0, 0.1) is 6.92 Å². The van der Waals surface area contributed by atoms with Gasteiger partial charge in [0.1, 0.15) is 12.1 Å². The first-order valence-corrected chi connectivity index (χ1v) is 8.74. The average Bonchev–Trinajstić information content (AvgIpc) is 3.26. The lowest BCUT2D eigenvalue weighted by Gasteiger charge is -2.34. The number of rotatable bonds is 4. The summed E-state index contributed by atoms with van der Waals surface area (Å²) in [6.45, 7) is 2.85. The molecule has 1 aromatic carbocycles. The van der Waals surface area contributed by atoms with Gasteiger partial charge < -0.3 is 14.1 Å². The molecule has 8 heteroatoms. The van der Waals surface area contributed by atoms with E-state index in [9.17, 15) is 4.79 Å². The molecule has 3 heterocycles. The lowest BCUT2D eigenvalue weighted by Crippen LogP contribution is -2.39. The summed E-state index contributed by atoms with van der Waals surface area (Å²) < 4.78 is 10.6. The third kappa shape index (κ3) is 3.08. The van der Waals surface area contributed by atoms with Gasteiger partial charge in [0.2, 0.25) is 0 Å². The number of amides is 1. The Labute approximate surface area is 150 Å². The third-order valence-corrected chi connectivity index (χ3v) is 4.63.